The van der Waals surface area contributed by atoms with Crippen molar-refractivity contribution in [1.29, 1.82) is 0 Å². The van der Waals surface area contributed by atoms with Crippen LogP contribution in [-0.4, -0.2) is 60.0 Å². The van der Waals surface area contributed by atoms with Crippen molar-refractivity contribution in [3.63, 3.8) is 0 Å². The SMILES string of the molecule is C[Si](C)(C)C[c-]1cccc1.C[Si](C)(C)C[c-]1cccc1.[CH3-].[CH3-].[CH3-].[CH3-].[CH3-].[CH3-].[CH3-].[CH3-].[Hf].[SiH3].[SiH3].[SiH3].[SiH3]. The number of hydrogen-bond acceptors (Lipinski definition) is 0. The predicted molar refractivity (Wildman–Crippen MR) is 189 cm³/mol. The van der Waals surface area contributed by atoms with Gasteiger partial charge in [0, 0.05) is 42.0 Å². The molecule has 0 aliphatic heterocycles. The summed E-state index contributed by atoms with van der Waals surface area (Å²) in [6.07, 6.45) is 0. The van der Waals surface area contributed by atoms with Gasteiger partial charge in [0.05, 0.1) is 0 Å². The zero-order chi connectivity index (χ0) is 15.2. The normalized spacial score (nSPS) is 7.21. The van der Waals surface area contributed by atoms with Crippen molar-refractivity contribution in [2.45, 2.75) is 51.4 Å². The van der Waals surface area contributed by atoms with Crippen LogP contribution in [0.4, 0.5) is 0 Å². The molecule has 33 heavy (non-hydrogen) atoms. The second-order valence-corrected chi connectivity index (χ2v) is 19.0. The van der Waals surface area contributed by atoms with E-state index in [1.807, 2.05) is 0 Å². The van der Waals surface area contributed by atoms with E-state index in [9.17, 15) is 0 Å². The molecule has 0 bridgehead atoms. The summed E-state index contributed by atoms with van der Waals surface area (Å²) >= 11 is 0. The van der Waals surface area contributed by atoms with Gasteiger partial charge in [-0.3, -0.25) is 0 Å². The Hall–Kier alpha value is 0.871. The summed E-state index contributed by atoms with van der Waals surface area (Å²) in [7, 11) is -1.72. The molecular formula is C26H66HfSi6-10. The Bertz CT molecular complexity index is 424. The topological polar surface area (TPSA) is 0 Å². The molecule has 0 fully saturated rings. The Morgan fingerprint density at radius 3 is 0.697 bits per heavy atom. The second kappa shape index (κ2) is 40.1. The van der Waals surface area contributed by atoms with Gasteiger partial charge in [0.1, 0.15) is 0 Å². The average Bonchev–Trinajstić information content (AvgIpc) is 2.87. The molecule has 0 N–H and O–H groups in total. The van der Waals surface area contributed by atoms with Gasteiger partial charge >= 0.3 is 0 Å². The van der Waals surface area contributed by atoms with Crippen molar-refractivity contribution in [3.05, 3.63) is 119 Å². The van der Waals surface area contributed by atoms with Gasteiger partial charge in [-0.2, -0.15) is 35.4 Å². The van der Waals surface area contributed by atoms with E-state index in [0.29, 0.717) is 0 Å². The third-order valence-corrected chi connectivity index (χ3v) is 5.87. The maximum absolute atomic E-state index is 2.40. The van der Waals surface area contributed by atoms with Crippen LogP contribution < -0.4 is 0 Å². The molecule has 0 atom stereocenters. The van der Waals surface area contributed by atoms with E-state index in [1.165, 1.54) is 23.2 Å². The fourth-order valence-electron chi connectivity index (χ4n) is 2.29. The van der Waals surface area contributed by atoms with E-state index < -0.39 is 16.1 Å². The summed E-state index contributed by atoms with van der Waals surface area (Å²) in [6, 6.07) is 20.0. The quantitative estimate of drug-likeness (QED) is 0.322. The third-order valence-electron chi connectivity index (χ3n) is 2.93. The minimum absolute atomic E-state index is 0. The minimum Gasteiger partial charge on any atom is -0.358 e. The van der Waals surface area contributed by atoms with Gasteiger partial charge in [-0.25, -0.2) is 24.3 Å². The van der Waals surface area contributed by atoms with Crippen LogP contribution >= 0.6 is 0 Å². The molecule has 0 saturated carbocycles. The van der Waals surface area contributed by atoms with Gasteiger partial charge in [-0.15, -0.1) is 0 Å². The van der Waals surface area contributed by atoms with Crippen LogP contribution in [0, 0.1) is 59.4 Å². The van der Waals surface area contributed by atoms with E-state index in [0.717, 1.165) is 0 Å². The van der Waals surface area contributed by atoms with Crippen LogP contribution in [0.1, 0.15) is 11.1 Å². The van der Waals surface area contributed by atoms with Crippen molar-refractivity contribution in [2.75, 3.05) is 0 Å². The molecule has 0 amide bonds. The monoisotopic (exact) mass is 726 g/mol. The first kappa shape index (κ1) is 84.0. The van der Waals surface area contributed by atoms with Crippen LogP contribution in [-0.2, 0) is 37.9 Å². The fourth-order valence-corrected chi connectivity index (χ4v) is 5.21. The number of rotatable bonds is 4. The maximum atomic E-state index is 2.40. The van der Waals surface area contributed by atoms with E-state index in [2.05, 4.69) is 87.8 Å². The molecule has 7 heteroatoms. The molecule has 208 valence electrons. The summed E-state index contributed by atoms with van der Waals surface area (Å²) < 4.78 is 0. The summed E-state index contributed by atoms with van der Waals surface area (Å²) in [5.74, 6) is 0. The average molecular weight is 726 g/mol. The second-order valence-electron chi connectivity index (χ2n) is 8.06. The van der Waals surface area contributed by atoms with Gasteiger partial charge in [-0.05, 0) is 43.9 Å². The molecular weight excluding hydrogens is 659 g/mol. The van der Waals surface area contributed by atoms with E-state index >= 15 is 0 Å². The van der Waals surface area contributed by atoms with Crippen LogP contribution in [0.15, 0.2) is 48.5 Å². The largest absolute Gasteiger partial charge is 0.358 e. The molecule has 2 rings (SSSR count). The summed E-state index contributed by atoms with van der Waals surface area (Å²) in [5.41, 5.74) is 3.03. The zero-order valence-electron chi connectivity index (χ0n) is 26.5. The number of hydrogen-bond donors (Lipinski definition) is 0. The van der Waals surface area contributed by atoms with E-state index in [-0.39, 0.29) is 129 Å². The zero-order valence-corrected chi connectivity index (χ0v) is 40.1. The Morgan fingerprint density at radius 1 is 0.424 bits per heavy atom. The maximum Gasteiger partial charge on any atom is 0.0371 e. The summed E-state index contributed by atoms with van der Waals surface area (Å²) in [4.78, 5) is 0. The molecule has 2 aromatic rings. The van der Waals surface area contributed by atoms with Crippen LogP contribution in [0.5, 0.6) is 0 Å². The molecule has 4 radical (unpaired) electrons. The molecule has 2 aromatic carbocycles. The van der Waals surface area contributed by atoms with Crippen molar-refractivity contribution in [2.24, 2.45) is 0 Å². The molecule has 0 nitrogen and oxygen atoms in total. The van der Waals surface area contributed by atoms with Crippen LogP contribution in [0.2, 0.25) is 39.3 Å². The van der Waals surface area contributed by atoms with E-state index in [1.54, 1.807) is 0 Å². The molecule has 0 heterocycles. The third kappa shape index (κ3) is 50.6. The summed E-state index contributed by atoms with van der Waals surface area (Å²) in [6.45, 7) is 14.4. The van der Waals surface area contributed by atoms with Crippen LogP contribution in [0.3, 0.4) is 0 Å². The van der Waals surface area contributed by atoms with Gasteiger partial charge in [0.25, 0.3) is 0 Å². The van der Waals surface area contributed by atoms with Gasteiger partial charge in [-0.1, -0.05) is 51.4 Å². The predicted octanol–water partition coefficient (Wildman–Crippen LogP) is 4.52. The van der Waals surface area contributed by atoms with Crippen molar-refractivity contribution < 1.29 is 25.8 Å². The molecule has 0 aliphatic carbocycles. The molecule has 0 unspecified atom stereocenters. The van der Waals surface area contributed by atoms with Gasteiger partial charge in [0.2, 0.25) is 0 Å². The molecule has 0 saturated heterocycles. The van der Waals surface area contributed by atoms with Gasteiger partial charge in [0.15, 0.2) is 0 Å². The Morgan fingerprint density at radius 2 is 0.576 bits per heavy atom. The molecule has 0 spiro atoms. The van der Waals surface area contributed by atoms with Crippen LogP contribution in [0.25, 0.3) is 0 Å². The van der Waals surface area contributed by atoms with Gasteiger partial charge < -0.3 is 59.4 Å². The summed E-state index contributed by atoms with van der Waals surface area (Å²) in [5, 5.41) is 0. The first-order chi connectivity index (χ1) is 9.16. The molecule has 0 aromatic heterocycles. The smallest absolute Gasteiger partial charge is 0.0371 e. The Kier molecular flexibility index (Phi) is 102. The first-order valence-electron chi connectivity index (χ1n) is 7.57. The standard InChI is InChI=1S/2C9H15Si.8CH3.Hf.4H3Si/c2*1-10(2,3)8-9-6-4-5-7-9;;;;;;;;;;;;;/h2*4-7H,8H2,1-3H3;8*1H3;;4*1H3/q10*-1;;;;;. The first-order valence-corrected chi connectivity index (χ1v) is 15.0. The van der Waals surface area contributed by atoms with E-state index in [4.69, 9.17) is 0 Å². The van der Waals surface area contributed by atoms with Crippen molar-refractivity contribution >= 4 is 60.0 Å². The van der Waals surface area contributed by atoms with Crippen molar-refractivity contribution in [3.8, 4) is 0 Å². The molecule has 0 aliphatic rings. The Balaban J connectivity index is -0.0000000158. The fraction of sp³-hybridized carbons (Fsp3) is 0.308. The Labute approximate surface area is 254 Å². The van der Waals surface area contributed by atoms with Crippen molar-refractivity contribution in [1.82, 2.24) is 0 Å². The minimum atomic E-state index is -0.862.